The fourth-order valence-corrected chi connectivity index (χ4v) is 4.36. The van der Waals surface area contributed by atoms with Crippen LogP contribution in [0.2, 0.25) is 5.02 Å². The topological polar surface area (TPSA) is 85.2 Å². The van der Waals surface area contributed by atoms with Gasteiger partial charge in [0.25, 0.3) is 0 Å². The van der Waals surface area contributed by atoms with Gasteiger partial charge in [0.1, 0.15) is 4.88 Å². The minimum Gasteiger partial charge on any atom is -0.493 e. The van der Waals surface area contributed by atoms with E-state index in [4.69, 9.17) is 26.2 Å². The van der Waals surface area contributed by atoms with E-state index in [-0.39, 0.29) is 11.3 Å². The van der Waals surface area contributed by atoms with Crippen molar-refractivity contribution in [3.05, 3.63) is 87.8 Å². The second-order valence-corrected chi connectivity index (χ2v) is 8.08. The molecule has 160 valence electrons. The van der Waals surface area contributed by atoms with Crippen molar-refractivity contribution in [1.82, 2.24) is 0 Å². The summed E-state index contributed by atoms with van der Waals surface area (Å²) in [5.74, 6) is -0.934. The van der Waals surface area contributed by atoms with E-state index >= 15 is 0 Å². The van der Waals surface area contributed by atoms with Crippen LogP contribution in [0.1, 0.15) is 25.6 Å². The van der Waals surface area contributed by atoms with Gasteiger partial charge in [-0.25, -0.2) is 9.59 Å². The van der Waals surface area contributed by atoms with Gasteiger partial charge >= 0.3 is 11.9 Å². The van der Waals surface area contributed by atoms with Crippen molar-refractivity contribution < 1.29 is 24.2 Å². The van der Waals surface area contributed by atoms with Gasteiger partial charge in [-0.1, -0.05) is 29.8 Å². The lowest BCUT2D eigenvalue weighted by Gasteiger charge is -2.09. The van der Waals surface area contributed by atoms with E-state index in [1.54, 1.807) is 36.5 Å². The molecule has 1 aromatic heterocycles. The molecule has 0 saturated carbocycles. The molecular weight excluding hydrogens is 450 g/mol. The molecule has 4 rings (SSSR count). The summed E-state index contributed by atoms with van der Waals surface area (Å²) in [6.07, 6.45) is 1.60. The Morgan fingerprint density at radius 1 is 1.03 bits per heavy atom. The van der Waals surface area contributed by atoms with Crippen LogP contribution in [-0.4, -0.2) is 30.4 Å². The molecule has 32 heavy (non-hydrogen) atoms. The summed E-state index contributed by atoms with van der Waals surface area (Å²) in [5, 5.41) is 10.1. The number of carboxylic acids is 1. The van der Waals surface area contributed by atoms with Gasteiger partial charge in [0.15, 0.2) is 11.5 Å². The zero-order chi connectivity index (χ0) is 22.7. The van der Waals surface area contributed by atoms with Crippen molar-refractivity contribution in [3.63, 3.8) is 0 Å². The van der Waals surface area contributed by atoms with Crippen LogP contribution in [0.4, 0.5) is 5.69 Å². The number of fused-ring (bicyclic) bond motifs is 1. The molecule has 0 radical (unpaired) electrons. The smallest absolute Gasteiger partial charge is 0.355 e. The molecule has 0 amide bonds. The quantitative estimate of drug-likeness (QED) is 0.207. The van der Waals surface area contributed by atoms with Gasteiger partial charge in [0.2, 0.25) is 0 Å². The van der Waals surface area contributed by atoms with Crippen LogP contribution in [0.25, 0.3) is 10.1 Å². The zero-order valence-electron chi connectivity index (χ0n) is 16.7. The lowest BCUT2D eigenvalue weighted by atomic mass is 10.2. The summed E-state index contributed by atoms with van der Waals surface area (Å²) in [6, 6.07) is 18.7. The molecule has 0 aliphatic rings. The molecule has 1 N–H and O–H groups in total. The van der Waals surface area contributed by atoms with E-state index in [2.05, 4.69) is 4.99 Å². The van der Waals surface area contributed by atoms with E-state index in [0.717, 1.165) is 10.1 Å². The second kappa shape index (κ2) is 9.21. The molecule has 0 atom stereocenters. The number of hydrogen-bond donors (Lipinski definition) is 1. The van der Waals surface area contributed by atoms with Crippen molar-refractivity contribution in [2.24, 2.45) is 4.99 Å². The van der Waals surface area contributed by atoms with Crippen molar-refractivity contribution in [1.29, 1.82) is 0 Å². The third kappa shape index (κ3) is 4.49. The Balaban J connectivity index is 1.53. The van der Waals surface area contributed by atoms with Gasteiger partial charge < -0.3 is 14.6 Å². The van der Waals surface area contributed by atoms with E-state index in [9.17, 15) is 9.59 Å². The highest BCUT2D eigenvalue weighted by molar-refractivity contribution is 7.21. The third-order valence-electron chi connectivity index (χ3n) is 4.59. The minimum atomic E-state index is -0.993. The molecule has 0 bridgehead atoms. The highest BCUT2D eigenvalue weighted by Crippen LogP contribution is 2.37. The van der Waals surface area contributed by atoms with Gasteiger partial charge in [-0.15, -0.1) is 11.3 Å². The number of carboxylic acid groups (broad SMARTS) is 1. The Bertz CT molecular complexity index is 1340. The summed E-state index contributed by atoms with van der Waals surface area (Å²) in [7, 11) is 1.48. The number of aromatic carboxylic acids is 1. The van der Waals surface area contributed by atoms with Crippen molar-refractivity contribution in [2.75, 3.05) is 7.11 Å². The fraction of sp³-hybridized carbons (Fsp3) is 0.0417. The predicted molar refractivity (Wildman–Crippen MR) is 125 cm³/mol. The predicted octanol–water partition coefficient (Wildman–Crippen LogP) is 6.23. The van der Waals surface area contributed by atoms with Gasteiger partial charge in [-0.3, -0.25) is 4.99 Å². The highest BCUT2D eigenvalue weighted by Gasteiger charge is 2.20. The van der Waals surface area contributed by atoms with Crippen LogP contribution < -0.4 is 9.47 Å². The molecule has 0 aliphatic heterocycles. The molecule has 6 nitrogen and oxygen atoms in total. The number of methoxy groups -OCH3 is 1. The van der Waals surface area contributed by atoms with Crippen LogP contribution in [0.5, 0.6) is 11.5 Å². The Kier molecular flexibility index (Phi) is 6.20. The lowest BCUT2D eigenvalue weighted by molar-refractivity contribution is 0.0694. The number of rotatable bonds is 6. The van der Waals surface area contributed by atoms with E-state index in [1.807, 2.05) is 24.3 Å². The van der Waals surface area contributed by atoms with Gasteiger partial charge in [0, 0.05) is 16.3 Å². The summed E-state index contributed by atoms with van der Waals surface area (Å²) >= 11 is 7.64. The van der Waals surface area contributed by atoms with Crippen molar-refractivity contribution >= 4 is 56.9 Å². The molecule has 1 heterocycles. The number of aliphatic imine (C=N–C) groups is 1. The number of carbonyl (C=O) groups excluding carboxylic acids is 1. The summed E-state index contributed by atoms with van der Waals surface area (Å²) in [4.78, 5) is 28.3. The van der Waals surface area contributed by atoms with Crippen LogP contribution in [0.3, 0.4) is 0 Å². The molecule has 0 fully saturated rings. The van der Waals surface area contributed by atoms with Crippen LogP contribution in [0, 0.1) is 0 Å². The second-order valence-electron chi connectivity index (χ2n) is 6.65. The SMILES string of the molecule is COc1cc(C=Nc2ccc(C(=O)O)cc2)ccc1OC(=O)c1sc2ccccc2c1Cl. The zero-order valence-corrected chi connectivity index (χ0v) is 18.3. The Labute approximate surface area is 192 Å². The van der Waals surface area contributed by atoms with Crippen LogP contribution in [0.15, 0.2) is 71.7 Å². The van der Waals surface area contributed by atoms with E-state index < -0.39 is 11.9 Å². The maximum Gasteiger partial charge on any atom is 0.355 e. The first kappa shape index (κ1) is 21.5. The number of esters is 1. The third-order valence-corrected chi connectivity index (χ3v) is 6.24. The lowest BCUT2D eigenvalue weighted by Crippen LogP contribution is -2.08. The van der Waals surface area contributed by atoms with E-state index in [1.165, 1.54) is 30.6 Å². The molecule has 8 heteroatoms. The first-order valence-corrected chi connectivity index (χ1v) is 10.6. The van der Waals surface area contributed by atoms with Crippen LogP contribution >= 0.6 is 22.9 Å². The van der Waals surface area contributed by atoms with Gasteiger partial charge in [-0.05, 0) is 54.1 Å². The summed E-state index contributed by atoms with van der Waals surface area (Å²) < 4.78 is 11.8. The van der Waals surface area contributed by atoms with Crippen molar-refractivity contribution in [3.8, 4) is 11.5 Å². The van der Waals surface area contributed by atoms with Crippen molar-refractivity contribution in [2.45, 2.75) is 0 Å². The molecule has 0 spiro atoms. The Hall–Kier alpha value is -3.68. The largest absolute Gasteiger partial charge is 0.493 e. The maximum absolute atomic E-state index is 12.7. The molecule has 0 unspecified atom stereocenters. The number of halogens is 1. The Morgan fingerprint density at radius 3 is 2.47 bits per heavy atom. The molecule has 0 aliphatic carbocycles. The minimum absolute atomic E-state index is 0.190. The molecule has 4 aromatic rings. The van der Waals surface area contributed by atoms with Gasteiger partial charge in [-0.2, -0.15) is 0 Å². The van der Waals surface area contributed by atoms with Gasteiger partial charge in [0.05, 0.1) is 23.4 Å². The van der Waals surface area contributed by atoms with E-state index in [0.29, 0.717) is 26.9 Å². The normalized spacial score (nSPS) is 11.1. The first-order valence-electron chi connectivity index (χ1n) is 9.41. The Morgan fingerprint density at radius 2 is 1.78 bits per heavy atom. The monoisotopic (exact) mass is 465 g/mol. The average molecular weight is 466 g/mol. The number of thiophene rings is 1. The molecule has 0 saturated heterocycles. The number of hydrogen-bond acceptors (Lipinski definition) is 6. The summed E-state index contributed by atoms with van der Waals surface area (Å²) in [6.45, 7) is 0. The highest BCUT2D eigenvalue weighted by atomic mass is 35.5. The maximum atomic E-state index is 12.7. The first-order chi connectivity index (χ1) is 15.5. The number of carbonyl (C=O) groups is 2. The average Bonchev–Trinajstić information content (AvgIpc) is 3.15. The summed E-state index contributed by atoms with van der Waals surface area (Å²) in [5.41, 5.74) is 1.50. The fourth-order valence-electron chi connectivity index (χ4n) is 2.98. The number of nitrogens with zero attached hydrogens (tertiary/aromatic N) is 1. The van der Waals surface area contributed by atoms with Crippen LogP contribution in [-0.2, 0) is 0 Å². The number of ether oxygens (including phenoxy) is 2. The standard InChI is InChI=1S/C24H16ClNO5S/c1-30-19-12-14(13-26-16-9-7-15(8-10-16)23(27)28)6-11-18(19)31-24(29)22-21(25)17-4-2-3-5-20(17)32-22/h2-13H,1H3,(H,27,28). The molecule has 3 aromatic carbocycles. The molecular formula is C24H16ClNO5S. The number of benzene rings is 3.